The smallest absolute Gasteiger partial charge is 0.394 e. The van der Waals surface area contributed by atoms with Gasteiger partial charge in [0.25, 0.3) is 0 Å². The normalized spacial score (nSPS) is 10.0. The number of aliphatic carboxylic acids is 1. The average Bonchev–Trinajstić information content (AvgIpc) is 2.46. The third-order valence-electron chi connectivity index (χ3n) is 2.74. The Balaban J connectivity index is 3.16. The fourth-order valence-corrected chi connectivity index (χ4v) is 1.90. The summed E-state index contributed by atoms with van der Waals surface area (Å²) >= 11 is 0. The number of amides is 1. The summed E-state index contributed by atoms with van der Waals surface area (Å²) in [7, 11) is 0. The zero-order chi connectivity index (χ0) is 15.8. The van der Waals surface area contributed by atoms with E-state index in [2.05, 4.69) is 4.98 Å². The van der Waals surface area contributed by atoms with Gasteiger partial charge in [-0.3, -0.25) is 14.7 Å². The number of hydrogen-bond acceptors (Lipinski definition) is 4. The van der Waals surface area contributed by atoms with Crippen LogP contribution in [0.5, 0.6) is 0 Å². The molecule has 0 atom stereocenters. The topological polar surface area (TPSA) is 79.7 Å². The lowest BCUT2D eigenvalue weighted by molar-refractivity contribution is -0.154. The molecule has 1 aromatic heterocycles. The first-order valence-corrected chi connectivity index (χ1v) is 6.70. The Bertz CT molecular complexity index is 522. The molecule has 6 heteroatoms. The van der Waals surface area contributed by atoms with Gasteiger partial charge < -0.3 is 9.84 Å². The van der Waals surface area contributed by atoms with Crippen LogP contribution in [0.3, 0.4) is 0 Å². The predicted octanol–water partition coefficient (Wildman–Crippen LogP) is 1.78. The second kappa shape index (κ2) is 8.16. The van der Waals surface area contributed by atoms with Gasteiger partial charge in [-0.25, -0.2) is 4.79 Å². The number of nitrogens with zero attached hydrogens (tertiary/aromatic N) is 2. The lowest BCUT2D eigenvalue weighted by Gasteiger charge is -2.24. The molecule has 1 rings (SSSR count). The van der Waals surface area contributed by atoms with Crippen LogP contribution in [0.2, 0.25) is 0 Å². The zero-order valence-electron chi connectivity index (χ0n) is 12.5. The van der Waals surface area contributed by atoms with Crippen LogP contribution in [0.4, 0.5) is 0 Å². The molecule has 0 aliphatic heterocycles. The van der Waals surface area contributed by atoms with E-state index in [9.17, 15) is 9.59 Å². The molecule has 0 saturated carbocycles. The van der Waals surface area contributed by atoms with E-state index in [1.807, 2.05) is 20.8 Å². The van der Waals surface area contributed by atoms with Gasteiger partial charge in [0.2, 0.25) is 0 Å². The highest BCUT2D eigenvalue weighted by atomic mass is 16.5. The first-order valence-electron chi connectivity index (χ1n) is 6.70. The molecule has 0 saturated heterocycles. The van der Waals surface area contributed by atoms with E-state index in [-0.39, 0.29) is 13.2 Å². The Kier molecular flexibility index (Phi) is 6.55. The second-order valence-corrected chi connectivity index (χ2v) is 4.52. The molecule has 6 nitrogen and oxygen atoms in total. The minimum atomic E-state index is -1.50. The van der Waals surface area contributed by atoms with Gasteiger partial charge in [0.1, 0.15) is 0 Å². The average molecular weight is 292 g/mol. The quantitative estimate of drug-likeness (QED) is 0.638. The molecule has 0 fully saturated rings. The summed E-state index contributed by atoms with van der Waals surface area (Å²) in [5.41, 5.74) is 1.87. The number of aromatic nitrogens is 1. The van der Waals surface area contributed by atoms with Gasteiger partial charge in [0.15, 0.2) is 0 Å². The van der Waals surface area contributed by atoms with Crippen molar-refractivity contribution in [1.82, 2.24) is 9.88 Å². The standard InChI is InChI=1S/C15H20N2O4/c1-4-21-10-9-17(14(18)15(19)20)13(11(2)3)12-7-5-6-8-16-12/h5-8H,4,9-10H2,1-3H3,(H,19,20). The Morgan fingerprint density at radius 1 is 1.33 bits per heavy atom. The number of carbonyl (C=O) groups excluding carboxylic acids is 1. The zero-order valence-corrected chi connectivity index (χ0v) is 12.5. The van der Waals surface area contributed by atoms with Gasteiger partial charge in [0.05, 0.1) is 18.0 Å². The Morgan fingerprint density at radius 3 is 2.52 bits per heavy atom. The van der Waals surface area contributed by atoms with Crippen LogP contribution in [-0.2, 0) is 14.3 Å². The molecular formula is C15H20N2O4. The summed E-state index contributed by atoms with van der Waals surface area (Å²) in [6, 6.07) is 5.29. The highest BCUT2D eigenvalue weighted by molar-refractivity contribution is 6.33. The molecule has 0 aliphatic carbocycles. The van der Waals surface area contributed by atoms with Crippen molar-refractivity contribution < 1.29 is 19.4 Å². The Hall–Kier alpha value is -2.21. The maximum absolute atomic E-state index is 12.0. The fraction of sp³-hybridized carbons (Fsp3) is 0.400. The molecule has 0 radical (unpaired) electrons. The molecule has 1 heterocycles. The van der Waals surface area contributed by atoms with Crippen LogP contribution >= 0.6 is 0 Å². The number of hydrogen-bond donors (Lipinski definition) is 1. The summed E-state index contributed by atoms with van der Waals surface area (Å²) in [4.78, 5) is 28.4. The van der Waals surface area contributed by atoms with E-state index in [0.717, 1.165) is 5.57 Å². The summed E-state index contributed by atoms with van der Waals surface area (Å²) in [6.45, 7) is 6.39. The summed E-state index contributed by atoms with van der Waals surface area (Å²) < 4.78 is 5.23. The highest BCUT2D eigenvalue weighted by Gasteiger charge is 2.26. The number of carbonyl (C=O) groups is 2. The minimum Gasteiger partial charge on any atom is -0.474 e. The van der Waals surface area contributed by atoms with E-state index < -0.39 is 11.9 Å². The van der Waals surface area contributed by atoms with Gasteiger partial charge in [-0.05, 0) is 32.9 Å². The lowest BCUT2D eigenvalue weighted by atomic mass is 10.1. The number of allylic oxidation sites excluding steroid dienone is 1. The van der Waals surface area contributed by atoms with Crippen LogP contribution < -0.4 is 0 Å². The van der Waals surface area contributed by atoms with E-state index in [0.29, 0.717) is 18.0 Å². The molecule has 0 bridgehead atoms. The number of ether oxygens (including phenoxy) is 1. The van der Waals surface area contributed by atoms with Gasteiger partial charge >= 0.3 is 11.9 Å². The van der Waals surface area contributed by atoms with E-state index in [4.69, 9.17) is 9.84 Å². The van der Waals surface area contributed by atoms with Gasteiger partial charge in [-0.1, -0.05) is 11.6 Å². The van der Waals surface area contributed by atoms with Gasteiger partial charge in [-0.2, -0.15) is 0 Å². The molecule has 0 aromatic carbocycles. The summed E-state index contributed by atoms with van der Waals surface area (Å²) in [5, 5.41) is 9.01. The maximum atomic E-state index is 12.0. The van der Waals surface area contributed by atoms with Crippen molar-refractivity contribution in [3.63, 3.8) is 0 Å². The molecule has 1 aromatic rings. The van der Waals surface area contributed by atoms with Crippen LogP contribution in [0.15, 0.2) is 30.0 Å². The molecule has 1 N–H and O–H groups in total. The van der Waals surface area contributed by atoms with Crippen molar-refractivity contribution in [2.75, 3.05) is 19.8 Å². The van der Waals surface area contributed by atoms with Gasteiger partial charge in [0, 0.05) is 19.3 Å². The third-order valence-corrected chi connectivity index (χ3v) is 2.74. The van der Waals surface area contributed by atoms with Crippen LogP contribution in [0.25, 0.3) is 5.70 Å². The lowest BCUT2D eigenvalue weighted by Crippen LogP contribution is -2.38. The van der Waals surface area contributed by atoms with Crippen LogP contribution in [0, 0.1) is 0 Å². The number of rotatable bonds is 6. The fourth-order valence-electron chi connectivity index (χ4n) is 1.90. The van der Waals surface area contributed by atoms with E-state index in [1.54, 1.807) is 24.4 Å². The largest absolute Gasteiger partial charge is 0.474 e. The van der Waals surface area contributed by atoms with Crippen molar-refractivity contribution in [3.05, 3.63) is 35.7 Å². The van der Waals surface area contributed by atoms with Crippen LogP contribution in [0.1, 0.15) is 26.5 Å². The molecule has 0 spiro atoms. The van der Waals surface area contributed by atoms with Crippen LogP contribution in [-0.4, -0.2) is 46.6 Å². The van der Waals surface area contributed by atoms with E-state index >= 15 is 0 Å². The third kappa shape index (κ3) is 4.68. The van der Waals surface area contributed by atoms with E-state index in [1.165, 1.54) is 4.90 Å². The van der Waals surface area contributed by atoms with Crippen molar-refractivity contribution in [1.29, 1.82) is 0 Å². The molecule has 1 amide bonds. The van der Waals surface area contributed by atoms with Gasteiger partial charge in [-0.15, -0.1) is 0 Å². The van der Waals surface area contributed by atoms with Crippen molar-refractivity contribution in [3.8, 4) is 0 Å². The number of carboxylic acids is 1. The molecular weight excluding hydrogens is 272 g/mol. The molecule has 21 heavy (non-hydrogen) atoms. The molecule has 0 aliphatic rings. The van der Waals surface area contributed by atoms with Crippen molar-refractivity contribution >= 4 is 17.6 Å². The van der Waals surface area contributed by atoms with Crippen molar-refractivity contribution in [2.45, 2.75) is 20.8 Å². The monoisotopic (exact) mass is 292 g/mol. The predicted molar refractivity (Wildman–Crippen MR) is 78.3 cm³/mol. The highest BCUT2D eigenvalue weighted by Crippen LogP contribution is 2.21. The van der Waals surface area contributed by atoms with Crippen molar-refractivity contribution in [2.24, 2.45) is 0 Å². The Morgan fingerprint density at radius 2 is 2.05 bits per heavy atom. The first kappa shape index (κ1) is 16.8. The SMILES string of the molecule is CCOCCN(C(=O)C(=O)O)C(=C(C)C)c1ccccn1. The summed E-state index contributed by atoms with van der Waals surface area (Å²) in [6.07, 6.45) is 1.60. The number of pyridine rings is 1. The Labute approximate surface area is 124 Å². The summed E-state index contributed by atoms with van der Waals surface area (Å²) in [5.74, 6) is -2.49. The number of carboxylic acid groups (broad SMARTS) is 1. The molecule has 0 unspecified atom stereocenters. The first-order chi connectivity index (χ1) is 9.99. The minimum absolute atomic E-state index is 0.163. The molecule has 114 valence electrons. The second-order valence-electron chi connectivity index (χ2n) is 4.52. The maximum Gasteiger partial charge on any atom is 0.394 e.